The molecule has 1 amide bonds. The standard InChI is InChI=1S/C25H25N5O2/c1-5-24(29-19-8-6-7-18(14-19)16-26)30(4)23-10-9-20(13-17(23)2)32-21-11-12-28-22(15-21)25(31)27-3/h5-15,29H,1-4H3,(H,27,31)/b24-5-. The average Bonchev–Trinajstić information content (AvgIpc) is 2.82. The summed E-state index contributed by atoms with van der Waals surface area (Å²) in [6, 6.07) is 18.6. The quantitative estimate of drug-likeness (QED) is 0.562. The van der Waals surface area contributed by atoms with Gasteiger partial charge in [-0.15, -0.1) is 0 Å². The van der Waals surface area contributed by atoms with E-state index in [1.165, 1.54) is 0 Å². The molecule has 0 aliphatic rings. The van der Waals surface area contributed by atoms with Crippen LogP contribution < -0.4 is 20.3 Å². The summed E-state index contributed by atoms with van der Waals surface area (Å²) in [5, 5.41) is 15.0. The molecule has 7 nitrogen and oxygen atoms in total. The van der Waals surface area contributed by atoms with E-state index < -0.39 is 0 Å². The monoisotopic (exact) mass is 427 g/mol. The number of hydrogen-bond donors (Lipinski definition) is 2. The lowest BCUT2D eigenvalue weighted by Crippen LogP contribution is -2.23. The Kier molecular flexibility index (Phi) is 7.09. The number of nitriles is 1. The number of nitrogens with zero attached hydrogens (tertiary/aromatic N) is 3. The van der Waals surface area contributed by atoms with E-state index in [-0.39, 0.29) is 5.91 Å². The van der Waals surface area contributed by atoms with Gasteiger partial charge in [-0.25, -0.2) is 0 Å². The number of aryl methyl sites for hydroxylation is 1. The van der Waals surface area contributed by atoms with Crippen molar-refractivity contribution in [3.63, 3.8) is 0 Å². The van der Waals surface area contributed by atoms with Crippen molar-refractivity contribution in [2.24, 2.45) is 0 Å². The number of pyridine rings is 1. The molecule has 0 atom stereocenters. The number of hydrogen-bond acceptors (Lipinski definition) is 6. The summed E-state index contributed by atoms with van der Waals surface area (Å²) in [7, 11) is 3.53. The van der Waals surface area contributed by atoms with E-state index in [0.717, 1.165) is 22.8 Å². The zero-order chi connectivity index (χ0) is 23.1. The second-order valence-corrected chi connectivity index (χ2v) is 7.06. The zero-order valence-corrected chi connectivity index (χ0v) is 18.5. The minimum absolute atomic E-state index is 0.268. The maximum absolute atomic E-state index is 11.8. The van der Waals surface area contributed by atoms with Gasteiger partial charge in [-0.1, -0.05) is 6.07 Å². The molecule has 0 radical (unpaired) electrons. The Morgan fingerprint density at radius 1 is 1.16 bits per heavy atom. The average molecular weight is 428 g/mol. The lowest BCUT2D eigenvalue weighted by molar-refractivity contribution is 0.0958. The third-order valence-corrected chi connectivity index (χ3v) is 4.86. The Labute approximate surface area is 188 Å². The fourth-order valence-electron chi connectivity index (χ4n) is 3.22. The fraction of sp³-hybridized carbons (Fsp3) is 0.160. The van der Waals surface area contributed by atoms with Crippen molar-refractivity contribution in [3.8, 4) is 17.6 Å². The van der Waals surface area contributed by atoms with Crippen LogP contribution in [0.3, 0.4) is 0 Å². The molecule has 32 heavy (non-hydrogen) atoms. The Balaban J connectivity index is 1.77. The zero-order valence-electron chi connectivity index (χ0n) is 18.5. The van der Waals surface area contributed by atoms with Gasteiger partial charge in [-0.2, -0.15) is 5.26 Å². The van der Waals surface area contributed by atoms with Crippen molar-refractivity contribution in [2.45, 2.75) is 13.8 Å². The largest absolute Gasteiger partial charge is 0.457 e. The van der Waals surface area contributed by atoms with Crippen LogP contribution in [0, 0.1) is 18.3 Å². The number of ether oxygens (including phenoxy) is 1. The SMILES string of the molecule is C/C=C(/Nc1cccc(C#N)c1)N(C)c1ccc(Oc2ccnc(C(=O)NC)c2)cc1C. The smallest absolute Gasteiger partial charge is 0.269 e. The Morgan fingerprint density at radius 3 is 2.62 bits per heavy atom. The molecular weight excluding hydrogens is 402 g/mol. The Hall–Kier alpha value is -4.31. The molecule has 0 aliphatic carbocycles. The van der Waals surface area contributed by atoms with Gasteiger partial charge in [0.2, 0.25) is 0 Å². The van der Waals surface area contributed by atoms with Gasteiger partial charge < -0.3 is 20.3 Å². The van der Waals surface area contributed by atoms with Crippen LogP contribution in [0.4, 0.5) is 11.4 Å². The molecule has 2 aromatic carbocycles. The molecule has 0 unspecified atom stereocenters. The number of carbonyl (C=O) groups is 1. The van der Waals surface area contributed by atoms with Crippen molar-refractivity contribution >= 4 is 17.3 Å². The summed E-state index contributed by atoms with van der Waals surface area (Å²) >= 11 is 0. The van der Waals surface area contributed by atoms with Crippen molar-refractivity contribution in [1.82, 2.24) is 10.3 Å². The van der Waals surface area contributed by atoms with Gasteiger partial charge in [0.1, 0.15) is 23.0 Å². The van der Waals surface area contributed by atoms with Crippen molar-refractivity contribution in [1.29, 1.82) is 5.26 Å². The molecule has 0 spiro atoms. The number of benzene rings is 2. The summed E-state index contributed by atoms with van der Waals surface area (Å²) < 4.78 is 5.94. The van der Waals surface area contributed by atoms with Crippen LogP contribution in [0.25, 0.3) is 0 Å². The van der Waals surface area contributed by atoms with Crippen LogP contribution in [-0.2, 0) is 0 Å². The first-order chi connectivity index (χ1) is 15.4. The van der Waals surface area contributed by atoms with Crippen molar-refractivity contribution < 1.29 is 9.53 Å². The molecule has 0 bridgehead atoms. The minimum atomic E-state index is -0.268. The number of rotatable bonds is 7. The Bertz CT molecular complexity index is 1200. The van der Waals surface area contributed by atoms with Gasteiger partial charge in [0, 0.05) is 37.7 Å². The highest BCUT2D eigenvalue weighted by atomic mass is 16.5. The lowest BCUT2D eigenvalue weighted by Gasteiger charge is -2.26. The second-order valence-electron chi connectivity index (χ2n) is 7.06. The molecule has 0 fully saturated rings. The summed E-state index contributed by atoms with van der Waals surface area (Å²) in [6.07, 6.45) is 3.51. The van der Waals surface area contributed by atoms with E-state index in [2.05, 4.69) is 21.7 Å². The molecule has 1 heterocycles. The molecule has 0 aliphatic heterocycles. The third-order valence-electron chi connectivity index (χ3n) is 4.86. The van der Waals surface area contributed by atoms with E-state index >= 15 is 0 Å². The second kappa shape index (κ2) is 10.1. The first kappa shape index (κ1) is 22.4. The normalized spacial score (nSPS) is 10.8. The number of anilines is 2. The van der Waals surface area contributed by atoms with Gasteiger partial charge in [-0.3, -0.25) is 9.78 Å². The lowest BCUT2D eigenvalue weighted by atomic mass is 10.1. The summed E-state index contributed by atoms with van der Waals surface area (Å²) in [4.78, 5) is 17.9. The van der Waals surface area contributed by atoms with Gasteiger partial charge in [0.25, 0.3) is 5.91 Å². The minimum Gasteiger partial charge on any atom is -0.457 e. The van der Waals surface area contributed by atoms with E-state index in [4.69, 9.17) is 10.00 Å². The highest BCUT2D eigenvalue weighted by molar-refractivity contribution is 5.92. The predicted molar refractivity (Wildman–Crippen MR) is 126 cm³/mol. The van der Waals surface area contributed by atoms with Crippen LogP contribution >= 0.6 is 0 Å². The van der Waals surface area contributed by atoms with Crippen LogP contribution in [0.1, 0.15) is 28.5 Å². The highest BCUT2D eigenvalue weighted by Crippen LogP contribution is 2.29. The molecule has 162 valence electrons. The molecule has 2 N–H and O–H groups in total. The van der Waals surface area contributed by atoms with Gasteiger partial charge in [0.05, 0.1) is 11.6 Å². The van der Waals surface area contributed by atoms with Crippen LogP contribution in [0.2, 0.25) is 0 Å². The number of aromatic nitrogens is 1. The van der Waals surface area contributed by atoms with E-state index in [1.807, 2.05) is 68.3 Å². The molecule has 1 aromatic heterocycles. The van der Waals surface area contributed by atoms with E-state index in [0.29, 0.717) is 22.8 Å². The highest BCUT2D eigenvalue weighted by Gasteiger charge is 2.12. The molecule has 3 aromatic rings. The molecular formula is C25H25N5O2. The van der Waals surface area contributed by atoms with Crippen LogP contribution in [-0.4, -0.2) is 25.0 Å². The summed E-state index contributed by atoms with van der Waals surface area (Å²) in [5.41, 5.74) is 3.74. The number of allylic oxidation sites excluding steroid dienone is 1. The Morgan fingerprint density at radius 2 is 1.94 bits per heavy atom. The molecule has 0 saturated heterocycles. The topological polar surface area (TPSA) is 90.3 Å². The van der Waals surface area contributed by atoms with E-state index in [1.54, 1.807) is 31.4 Å². The van der Waals surface area contributed by atoms with E-state index in [9.17, 15) is 4.79 Å². The molecule has 7 heteroatoms. The van der Waals surface area contributed by atoms with Gasteiger partial charge in [-0.05, 0) is 68.0 Å². The first-order valence-electron chi connectivity index (χ1n) is 10.1. The van der Waals surface area contributed by atoms with Gasteiger partial charge >= 0.3 is 0 Å². The fourth-order valence-corrected chi connectivity index (χ4v) is 3.22. The molecule has 3 rings (SSSR count). The third kappa shape index (κ3) is 5.24. The number of carbonyl (C=O) groups excluding carboxylic acids is 1. The van der Waals surface area contributed by atoms with Crippen LogP contribution in [0.5, 0.6) is 11.5 Å². The van der Waals surface area contributed by atoms with Crippen molar-refractivity contribution in [2.75, 3.05) is 24.3 Å². The summed E-state index contributed by atoms with van der Waals surface area (Å²) in [5.74, 6) is 1.80. The predicted octanol–water partition coefficient (Wildman–Crippen LogP) is 4.82. The molecule has 0 saturated carbocycles. The maximum Gasteiger partial charge on any atom is 0.269 e. The number of amides is 1. The number of nitrogens with one attached hydrogen (secondary N) is 2. The van der Waals surface area contributed by atoms with Crippen molar-refractivity contribution in [3.05, 3.63) is 89.5 Å². The summed E-state index contributed by atoms with van der Waals surface area (Å²) in [6.45, 7) is 3.96. The van der Waals surface area contributed by atoms with Crippen LogP contribution in [0.15, 0.2) is 72.7 Å². The first-order valence-corrected chi connectivity index (χ1v) is 10.1. The maximum atomic E-state index is 11.8. The van der Waals surface area contributed by atoms with Gasteiger partial charge in [0.15, 0.2) is 0 Å².